The topological polar surface area (TPSA) is 72.3 Å². The van der Waals surface area contributed by atoms with Crippen LogP contribution in [0.4, 0.5) is 5.82 Å². The molecule has 5 aromatic rings. The molecule has 2 saturated heterocycles. The molecule has 0 saturated carbocycles. The van der Waals surface area contributed by atoms with E-state index in [1.165, 1.54) is 17.5 Å². The molecule has 2 aromatic heterocycles. The molecule has 2 aliphatic heterocycles. The van der Waals surface area contributed by atoms with Crippen molar-refractivity contribution in [2.75, 3.05) is 31.5 Å². The van der Waals surface area contributed by atoms with Crippen LogP contribution in [-0.2, 0) is 6.54 Å². The highest BCUT2D eigenvalue weighted by Gasteiger charge is 2.32. The number of halogens is 1. The number of nitriles is 1. The number of hydrogen-bond donors (Lipinski definition) is 1. The number of carbonyl (C=O) groups is 1. The summed E-state index contributed by atoms with van der Waals surface area (Å²) in [6.45, 7) is 4.56. The normalized spacial score (nSPS) is 17.1. The Kier molecular flexibility index (Phi) is 7.75. The number of rotatable bonds is 7. The van der Waals surface area contributed by atoms with Crippen LogP contribution in [0.25, 0.3) is 32.1 Å². The fourth-order valence-electron chi connectivity index (χ4n) is 6.50. The van der Waals surface area contributed by atoms with Crippen molar-refractivity contribution in [2.24, 2.45) is 0 Å². The van der Waals surface area contributed by atoms with E-state index in [1.54, 1.807) is 11.3 Å². The zero-order valence-electron chi connectivity index (χ0n) is 23.9. The number of hydrogen-bond acceptors (Lipinski definition) is 6. The van der Waals surface area contributed by atoms with Gasteiger partial charge < -0.3 is 15.1 Å². The van der Waals surface area contributed by atoms with Gasteiger partial charge in [0.2, 0.25) is 0 Å². The summed E-state index contributed by atoms with van der Waals surface area (Å²) in [6.07, 6.45) is 4.56. The summed E-state index contributed by atoms with van der Waals surface area (Å²) in [4.78, 5) is 23.9. The average Bonchev–Trinajstić information content (AvgIpc) is 3.81. The van der Waals surface area contributed by atoms with Gasteiger partial charge in [-0.25, -0.2) is 4.98 Å². The van der Waals surface area contributed by atoms with Gasteiger partial charge in [0.25, 0.3) is 5.91 Å². The van der Waals surface area contributed by atoms with Gasteiger partial charge in [0.15, 0.2) is 0 Å². The number of fused-ring (bicyclic) bond motifs is 2. The lowest BCUT2D eigenvalue weighted by atomic mass is 9.99. The second-order valence-corrected chi connectivity index (χ2v) is 12.9. The van der Waals surface area contributed by atoms with Crippen molar-refractivity contribution in [1.82, 2.24) is 14.8 Å². The van der Waals surface area contributed by atoms with Gasteiger partial charge in [-0.2, -0.15) is 5.26 Å². The number of carbonyl (C=O) groups excluding carboxylic acids is 1. The maximum absolute atomic E-state index is 14.4. The Bertz CT molecular complexity index is 1850. The second kappa shape index (κ2) is 12.0. The molecule has 1 atom stereocenters. The van der Waals surface area contributed by atoms with Crippen LogP contribution in [-0.4, -0.2) is 52.9 Å². The summed E-state index contributed by atoms with van der Waals surface area (Å²) in [6, 6.07) is 24.0. The third-order valence-corrected chi connectivity index (χ3v) is 10.0. The number of aromatic nitrogens is 1. The fraction of sp³-hybridized carbons (Fsp3) is 0.286. The maximum atomic E-state index is 14.4. The lowest BCUT2D eigenvalue weighted by molar-refractivity contribution is 0.0710. The minimum absolute atomic E-state index is 0.0712. The highest BCUT2D eigenvalue weighted by Crippen LogP contribution is 2.32. The molecule has 0 radical (unpaired) electrons. The molecule has 43 heavy (non-hydrogen) atoms. The standard InChI is InChI=1S/C35H32ClN5OS/c36-27-10-12-33-29(17-27)26(22-43-33)20-38-34-18-31(35(42)41-15-3-4-28(41)21-40-13-1-2-14-40)30-16-25(9-11-32(30)39-34)24-7-5-23(19-37)6-8-24/h5-12,16-18,22,28H,1-4,13-15,20-21H2,(H,38,39)/t28-/m0/s1. The van der Waals surface area contributed by atoms with E-state index in [0.717, 1.165) is 77.0 Å². The lowest BCUT2D eigenvalue weighted by Gasteiger charge is -2.29. The minimum Gasteiger partial charge on any atom is -0.366 e. The minimum atomic E-state index is 0.0712. The predicted octanol–water partition coefficient (Wildman–Crippen LogP) is 7.95. The van der Waals surface area contributed by atoms with Crippen molar-refractivity contribution in [2.45, 2.75) is 38.3 Å². The van der Waals surface area contributed by atoms with Gasteiger partial charge >= 0.3 is 0 Å². The van der Waals surface area contributed by atoms with Crippen LogP contribution in [0.5, 0.6) is 0 Å². The number of nitrogens with zero attached hydrogens (tertiary/aromatic N) is 4. The highest BCUT2D eigenvalue weighted by molar-refractivity contribution is 7.17. The SMILES string of the molecule is N#Cc1ccc(-c2ccc3nc(NCc4csc5ccc(Cl)cc45)cc(C(=O)N4CCC[C@H]4CN4CCCC4)c3c2)cc1. The molecule has 6 nitrogen and oxygen atoms in total. The number of thiophene rings is 1. The first kappa shape index (κ1) is 27.8. The van der Waals surface area contributed by atoms with Crippen LogP contribution in [0, 0.1) is 11.3 Å². The van der Waals surface area contributed by atoms with Gasteiger partial charge in [0.05, 0.1) is 22.7 Å². The summed E-state index contributed by atoms with van der Waals surface area (Å²) in [5, 5.41) is 17.6. The molecule has 2 fully saturated rings. The van der Waals surface area contributed by atoms with E-state index in [4.69, 9.17) is 16.6 Å². The van der Waals surface area contributed by atoms with E-state index in [1.807, 2.05) is 54.6 Å². The zero-order chi connectivity index (χ0) is 29.3. The molecule has 0 bridgehead atoms. The summed E-state index contributed by atoms with van der Waals surface area (Å²) in [7, 11) is 0. The molecular weight excluding hydrogens is 574 g/mol. The molecule has 7 rings (SSSR count). The molecule has 1 N–H and O–H groups in total. The molecule has 2 aliphatic rings. The van der Waals surface area contributed by atoms with Crippen LogP contribution < -0.4 is 5.32 Å². The Morgan fingerprint density at radius 1 is 0.977 bits per heavy atom. The predicted molar refractivity (Wildman–Crippen MR) is 176 cm³/mol. The number of pyridine rings is 1. The van der Waals surface area contributed by atoms with Crippen LogP contribution in [0.15, 0.2) is 72.1 Å². The van der Waals surface area contributed by atoms with Gasteiger partial charge in [-0.1, -0.05) is 29.8 Å². The van der Waals surface area contributed by atoms with Gasteiger partial charge in [0, 0.05) is 40.8 Å². The van der Waals surface area contributed by atoms with Crippen LogP contribution in [0.1, 0.15) is 47.2 Å². The molecule has 1 amide bonds. The number of likely N-dealkylation sites (tertiary alicyclic amines) is 2. The first-order chi connectivity index (χ1) is 21.1. The summed E-state index contributed by atoms with van der Waals surface area (Å²) >= 11 is 8.00. The molecule has 4 heterocycles. The largest absolute Gasteiger partial charge is 0.366 e. The first-order valence-electron chi connectivity index (χ1n) is 14.9. The van der Waals surface area contributed by atoms with Crippen LogP contribution in [0.3, 0.4) is 0 Å². The Labute approximate surface area is 260 Å². The van der Waals surface area contributed by atoms with E-state index in [2.05, 4.69) is 38.7 Å². The van der Waals surface area contributed by atoms with Crippen molar-refractivity contribution >= 4 is 55.7 Å². The van der Waals surface area contributed by atoms with Crippen molar-refractivity contribution < 1.29 is 4.79 Å². The van der Waals surface area contributed by atoms with Crippen LogP contribution in [0.2, 0.25) is 5.02 Å². The molecule has 216 valence electrons. The number of nitrogens with one attached hydrogen (secondary N) is 1. The van der Waals surface area contributed by atoms with E-state index in [0.29, 0.717) is 23.5 Å². The summed E-state index contributed by atoms with van der Waals surface area (Å²) in [5.41, 5.74) is 5.21. The van der Waals surface area contributed by atoms with Gasteiger partial charge in [-0.15, -0.1) is 11.3 Å². The van der Waals surface area contributed by atoms with E-state index < -0.39 is 0 Å². The lowest BCUT2D eigenvalue weighted by Crippen LogP contribution is -2.42. The van der Waals surface area contributed by atoms with E-state index in [9.17, 15) is 10.1 Å². The smallest absolute Gasteiger partial charge is 0.254 e. The Morgan fingerprint density at radius 2 is 1.79 bits per heavy atom. The number of amides is 1. The van der Waals surface area contributed by atoms with Gasteiger partial charge in [-0.05, 0) is 115 Å². The zero-order valence-corrected chi connectivity index (χ0v) is 25.4. The van der Waals surface area contributed by atoms with E-state index in [-0.39, 0.29) is 11.9 Å². The van der Waals surface area contributed by atoms with E-state index >= 15 is 0 Å². The molecule has 0 unspecified atom stereocenters. The number of anilines is 1. The quantitative estimate of drug-likeness (QED) is 0.204. The molecule has 0 spiro atoms. The Balaban J connectivity index is 1.25. The summed E-state index contributed by atoms with van der Waals surface area (Å²) in [5.74, 6) is 0.750. The third kappa shape index (κ3) is 5.71. The maximum Gasteiger partial charge on any atom is 0.254 e. The molecule has 8 heteroatoms. The van der Waals surface area contributed by atoms with Crippen molar-refractivity contribution in [3.05, 3.63) is 93.8 Å². The van der Waals surface area contributed by atoms with Gasteiger partial charge in [-0.3, -0.25) is 4.79 Å². The van der Waals surface area contributed by atoms with Crippen LogP contribution >= 0.6 is 22.9 Å². The number of benzene rings is 3. The molecule has 0 aliphatic carbocycles. The van der Waals surface area contributed by atoms with Gasteiger partial charge in [0.1, 0.15) is 5.82 Å². The molecule has 3 aromatic carbocycles. The highest BCUT2D eigenvalue weighted by atomic mass is 35.5. The van der Waals surface area contributed by atoms with Crippen molar-refractivity contribution in [3.8, 4) is 17.2 Å². The fourth-order valence-corrected chi connectivity index (χ4v) is 7.61. The third-order valence-electron chi connectivity index (χ3n) is 8.77. The molecular formula is C35H32ClN5OS. The van der Waals surface area contributed by atoms with Crippen molar-refractivity contribution in [1.29, 1.82) is 5.26 Å². The van der Waals surface area contributed by atoms with Crippen molar-refractivity contribution in [3.63, 3.8) is 0 Å². The summed E-state index contributed by atoms with van der Waals surface area (Å²) < 4.78 is 1.19. The Hall–Kier alpha value is -3.96. The first-order valence-corrected chi connectivity index (χ1v) is 16.2. The average molecular weight is 606 g/mol. The Morgan fingerprint density at radius 3 is 2.60 bits per heavy atom. The monoisotopic (exact) mass is 605 g/mol. The second-order valence-electron chi connectivity index (χ2n) is 11.5.